The quantitative estimate of drug-likeness (QED) is 0.204. The minimum Gasteiger partial charge on any atom is -0.480 e. The maximum Gasteiger partial charge on any atom is 0.326 e. The fourth-order valence-electron chi connectivity index (χ4n) is 2.70. The summed E-state index contributed by atoms with van der Waals surface area (Å²) in [6.45, 7) is 8.44. The molecule has 0 rings (SSSR count). The van der Waals surface area contributed by atoms with Crippen molar-refractivity contribution in [2.75, 3.05) is 12.0 Å². The number of hydrogen-bond acceptors (Lipinski definition) is 7. The topological polar surface area (TPSA) is 171 Å². The molecule has 6 atom stereocenters. The molecular weight excluding hydrogens is 424 g/mol. The number of aliphatic carboxylic acids is 1. The Hall–Kier alpha value is -1.85. The molecule has 0 aliphatic heterocycles. The standard InChI is InChI=1S/C20H38N4O6S/c1-7-11(4)16(24-17(26)14(21)12(5)25)19(28)23-15(10(2)3)18(27)22-13(20(29)30)8-9-31-6/h10-16,25H,7-9,21H2,1-6H3,(H,22,27)(H,23,28)(H,24,26)(H,29,30). The predicted molar refractivity (Wildman–Crippen MR) is 120 cm³/mol. The summed E-state index contributed by atoms with van der Waals surface area (Å²) in [7, 11) is 0. The van der Waals surface area contributed by atoms with Crippen molar-refractivity contribution >= 4 is 35.5 Å². The van der Waals surface area contributed by atoms with E-state index >= 15 is 0 Å². The van der Waals surface area contributed by atoms with Crippen molar-refractivity contribution in [3.05, 3.63) is 0 Å². The van der Waals surface area contributed by atoms with Crippen LogP contribution < -0.4 is 21.7 Å². The summed E-state index contributed by atoms with van der Waals surface area (Å²) in [6, 6.07) is -4.22. The molecule has 10 nitrogen and oxygen atoms in total. The van der Waals surface area contributed by atoms with Gasteiger partial charge in [-0.1, -0.05) is 34.1 Å². The van der Waals surface area contributed by atoms with E-state index in [1.165, 1.54) is 18.7 Å². The Morgan fingerprint density at radius 2 is 1.45 bits per heavy atom. The van der Waals surface area contributed by atoms with Gasteiger partial charge in [0.15, 0.2) is 0 Å². The Kier molecular flexibility index (Phi) is 13.4. The smallest absolute Gasteiger partial charge is 0.326 e. The molecule has 31 heavy (non-hydrogen) atoms. The monoisotopic (exact) mass is 462 g/mol. The van der Waals surface area contributed by atoms with E-state index in [9.17, 15) is 29.4 Å². The van der Waals surface area contributed by atoms with E-state index in [0.717, 1.165) is 0 Å². The van der Waals surface area contributed by atoms with Crippen molar-refractivity contribution in [1.29, 1.82) is 0 Å². The molecule has 0 aromatic heterocycles. The first-order valence-corrected chi connectivity index (χ1v) is 11.8. The Labute approximate surface area is 188 Å². The summed E-state index contributed by atoms with van der Waals surface area (Å²) in [5.41, 5.74) is 5.66. The molecule has 3 amide bonds. The molecule has 0 bridgehead atoms. The second-order valence-electron chi connectivity index (χ2n) is 8.05. The van der Waals surface area contributed by atoms with Gasteiger partial charge in [-0.15, -0.1) is 0 Å². The molecule has 0 fully saturated rings. The van der Waals surface area contributed by atoms with Crippen LogP contribution in [0.3, 0.4) is 0 Å². The molecule has 6 unspecified atom stereocenters. The van der Waals surface area contributed by atoms with Crippen molar-refractivity contribution in [2.45, 2.75) is 77.7 Å². The minimum atomic E-state index is -1.20. The molecule has 0 radical (unpaired) electrons. The zero-order valence-corrected chi connectivity index (χ0v) is 20.0. The van der Waals surface area contributed by atoms with Crippen LogP contribution >= 0.6 is 11.8 Å². The first kappa shape index (κ1) is 29.1. The highest BCUT2D eigenvalue weighted by Gasteiger charge is 2.34. The van der Waals surface area contributed by atoms with Crippen molar-refractivity contribution < 1.29 is 29.4 Å². The van der Waals surface area contributed by atoms with E-state index in [4.69, 9.17) is 5.73 Å². The first-order valence-electron chi connectivity index (χ1n) is 10.4. The number of amides is 3. The second kappa shape index (κ2) is 14.3. The normalized spacial score (nSPS) is 17.1. The van der Waals surface area contributed by atoms with Crippen LogP contribution in [0.5, 0.6) is 0 Å². The lowest BCUT2D eigenvalue weighted by molar-refractivity contribution is -0.142. The zero-order chi connectivity index (χ0) is 24.3. The number of hydrogen-bond donors (Lipinski definition) is 6. The van der Waals surface area contributed by atoms with Crippen molar-refractivity contribution in [1.82, 2.24) is 16.0 Å². The molecule has 0 saturated carbocycles. The number of rotatable bonds is 14. The second-order valence-corrected chi connectivity index (χ2v) is 9.03. The number of carbonyl (C=O) groups is 4. The Morgan fingerprint density at radius 3 is 1.87 bits per heavy atom. The van der Waals surface area contributed by atoms with Gasteiger partial charge in [-0.25, -0.2) is 4.79 Å². The van der Waals surface area contributed by atoms with Crippen molar-refractivity contribution in [3.8, 4) is 0 Å². The van der Waals surface area contributed by atoms with E-state index in [-0.39, 0.29) is 18.3 Å². The lowest BCUT2D eigenvalue weighted by Gasteiger charge is -2.29. The van der Waals surface area contributed by atoms with Gasteiger partial charge < -0.3 is 31.9 Å². The molecule has 7 N–H and O–H groups in total. The summed E-state index contributed by atoms with van der Waals surface area (Å²) < 4.78 is 0. The van der Waals surface area contributed by atoms with E-state index < -0.39 is 54.0 Å². The largest absolute Gasteiger partial charge is 0.480 e. The Bertz CT molecular complexity index is 616. The van der Waals surface area contributed by atoms with Gasteiger partial charge in [-0.05, 0) is 37.2 Å². The van der Waals surface area contributed by atoms with Crippen LogP contribution in [0.15, 0.2) is 0 Å². The third-order valence-electron chi connectivity index (χ3n) is 5.09. The van der Waals surface area contributed by atoms with Gasteiger partial charge in [0.05, 0.1) is 6.10 Å². The van der Waals surface area contributed by atoms with Gasteiger partial charge in [-0.2, -0.15) is 11.8 Å². The third-order valence-corrected chi connectivity index (χ3v) is 5.73. The molecule has 180 valence electrons. The minimum absolute atomic E-state index is 0.254. The van der Waals surface area contributed by atoms with Crippen LogP contribution in [-0.2, 0) is 19.2 Å². The van der Waals surface area contributed by atoms with Crippen LogP contribution in [0.4, 0.5) is 0 Å². The fraction of sp³-hybridized carbons (Fsp3) is 0.800. The van der Waals surface area contributed by atoms with Gasteiger partial charge in [0.2, 0.25) is 17.7 Å². The average Bonchev–Trinajstić information content (AvgIpc) is 2.70. The molecule has 0 heterocycles. The molecule has 0 spiro atoms. The predicted octanol–water partition coefficient (Wildman–Crippen LogP) is -0.311. The molecule has 0 aliphatic carbocycles. The highest BCUT2D eigenvalue weighted by molar-refractivity contribution is 7.98. The van der Waals surface area contributed by atoms with Gasteiger partial charge in [0.1, 0.15) is 24.2 Å². The summed E-state index contributed by atoms with van der Waals surface area (Å²) in [5.74, 6) is -3.04. The van der Waals surface area contributed by atoms with E-state index in [1.807, 2.05) is 13.2 Å². The van der Waals surface area contributed by atoms with Gasteiger partial charge in [-0.3, -0.25) is 14.4 Å². The van der Waals surface area contributed by atoms with Gasteiger partial charge in [0, 0.05) is 0 Å². The lowest BCUT2D eigenvalue weighted by atomic mass is 9.96. The fourth-order valence-corrected chi connectivity index (χ4v) is 3.17. The number of aliphatic hydroxyl groups is 1. The SMILES string of the molecule is CCC(C)C(NC(=O)C(N)C(C)O)C(=O)NC(C(=O)NC(CCSC)C(=O)O)C(C)C. The average molecular weight is 463 g/mol. The number of nitrogens with two attached hydrogens (primary N) is 1. The molecule has 0 saturated heterocycles. The summed E-state index contributed by atoms with van der Waals surface area (Å²) in [6.07, 6.45) is 1.56. The number of thioether (sulfide) groups is 1. The summed E-state index contributed by atoms with van der Waals surface area (Å²) >= 11 is 1.47. The molecule has 0 aromatic carbocycles. The molecule has 0 aromatic rings. The lowest BCUT2D eigenvalue weighted by Crippen LogP contribution is -2.60. The van der Waals surface area contributed by atoms with Crippen LogP contribution in [0.25, 0.3) is 0 Å². The van der Waals surface area contributed by atoms with E-state index in [0.29, 0.717) is 12.2 Å². The number of aliphatic hydroxyl groups excluding tert-OH is 1. The van der Waals surface area contributed by atoms with Crippen LogP contribution in [-0.4, -0.2) is 76.2 Å². The Balaban J connectivity index is 5.44. The van der Waals surface area contributed by atoms with Crippen LogP contribution in [0.1, 0.15) is 47.5 Å². The first-order chi connectivity index (χ1) is 14.4. The number of carbonyl (C=O) groups excluding carboxylic acids is 3. The Morgan fingerprint density at radius 1 is 0.935 bits per heavy atom. The molecule has 11 heteroatoms. The van der Waals surface area contributed by atoms with Crippen LogP contribution in [0, 0.1) is 11.8 Å². The highest BCUT2D eigenvalue weighted by atomic mass is 32.2. The van der Waals surface area contributed by atoms with E-state index in [2.05, 4.69) is 16.0 Å². The number of carboxylic acids is 1. The summed E-state index contributed by atoms with van der Waals surface area (Å²) in [5, 5.41) is 26.6. The van der Waals surface area contributed by atoms with Crippen molar-refractivity contribution in [2.24, 2.45) is 17.6 Å². The van der Waals surface area contributed by atoms with Gasteiger partial charge in [0.25, 0.3) is 0 Å². The van der Waals surface area contributed by atoms with Gasteiger partial charge >= 0.3 is 5.97 Å². The molecular formula is C20H38N4O6S. The zero-order valence-electron chi connectivity index (χ0n) is 19.2. The highest BCUT2D eigenvalue weighted by Crippen LogP contribution is 2.11. The van der Waals surface area contributed by atoms with E-state index in [1.54, 1.807) is 20.8 Å². The number of nitrogens with one attached hydrogen (secondary N) is 3. The number of carboxylic acid groups (broad SMARTS) is 1. The summed E-state index contributed by atoms with van der Waals surface area (Å²) in [4.78, 5) is 49.4. The van der Waals surface area contributed by atoms with Crippen molar-refractivity contribution in [3.63, 3.8) is 0 Å². The third kappa shape index (κ3) is 9.88. The molecule has 0 aliphatic rings. The van der Waals surface area contributed by atoms with Crippen LogP contribution in [0.2, 0.25) is 0 Å². The maximum absolute atomic E-state index is 13.0. The maximum atomic E-state index is 13.0.